The molecule has 0 fully saturated rings. The molecule has 25 heavy (non-hydrogen) atoms. The molecule has 0 N–H and O–H groups in total. The van der Waals surface area contributed by atoms with Crippen LogP contribution in [0, 0.1) is 0 Å². The number of para-hydroxylation sites is 1. The Morgan fingerprint density at radius 1 is 0.760 bits per heavy atom. The van der Waals surface area contributed by atoms with Crippen molar-refractivity contribution in [3.63, 3.8) is 0 Å². The zero-order chi connectivity index (χ0) is 16.6. The number of hydrogen-bond donors (Lipinski definition) is 0. The maximum Gasteiger partial charge on any atom is 0.123 e. The summed E-state index contributed by atoms with van der Waals surface area (Å²) in [5.41, 5.74) is 0.922. The Hall–Kier alpha value is -2.30. The van der Waals surface area contributed by atoms with E-state index in [2.05, 4.69) is 9.71 Å². The van der Waals surface area contributed by atoms with Crippen LogP contribution >= 0.6 is 0 Å². The maximum absolute atomic E-state index is 12.7. The van der Waals surface area contributed by atoms with Crippen LogP contribution in [-0.4, -0.2) is 13.4 Å². The molecule has 0 saturated carbocycles. The van der Waals surface area contributed by atoms with Gasteiger partial charge in [0, 0.05) is 25.7 Å². The minimum atomic E-state index is -3.81. The summed E-state index contributed by atoms with van der Waals surface area (Å²) in [6.07, 6.45) is 1.63. The average molecular weight is 399 g/mol. The van der Waals surface area contributed by atoms with E-state index in [-0.39, 0.29) is 24.4 Å². The van der Waals surface area contributed by atoms with Crippen LogP contribution in [0.25, 0.3) is 26.4 Å². The third-order valence-corrected chi connectivity index (χ3v) is 5.14. The van der Waals surface area contributed by atoms with Crippen LogP contribution in [0.1, 0.15) is 0 Å². The standard InChI is InChI=1S/C19H13N2O2S.Zn/c22-24(23,17-11-10-14-5-1-2-6-16(14)13-17)21-18-9-3-7-15-8-4-12-20-19(15)18;/h1-13H;/q-1;. The van der Waals surface area contributed by atoms with Crippen molar-refractivity contribution in [2.75, 3.05) is 0 Å². The fourth-order valence-corrected chi connectivity index (χ4v) is 3.70. The van der Waals surface area contributed by atoms with Gasteiger partial charge in [-0.3, -0.25) is 4.98 Å². The zero-order valence-electron chi connectivity index (χ0n) is 13.3. The normalized spacial score (nSPS) is 11.2. The van der Waals surface area contributed by atoms with Crippen LogP contribution in [0.2, 0.25) is 0 Å². The predicted octanol–water partition coefficient (Wildman–Crippen LogP) is 4.78. The van der Waals surface area contributed by atoms with Crippen molar-refractivity contribution in [1.82, 2.24) is 4.98 Å². The summed E-state index contributed by atoms with van der Waals surface area (Å²) < 4.78 is 29.4. The molecule has 0 bridgehead atoms. The Bertz CT molecular complexity index is 1150. The van der Waals surface area contributed by atoms with E-state index in [1.165, 1.54) is 0 Å². The molecule has 0 aliphatic rings. The minimum absolute atomic E-state index is 0. The molecule has 0 saturated heterocycles. The molecule has 0 radical (unpaired) electrons. The van der Waals surface area contributed by atoms with Gasteiger partial charge in [0.1, 0.15) is 10.0 Å². The van der Waals surface area contributed by atoms with E-state index in [4.69, 9.17) is 0 Å². The van der Waals surface area contributed by atoms with Crippen molar-refractivity contribution < 1.29 is 27.9 Å². The molecule has 0 aliphatic carbocycles. The van der Waals surface area contributed by atoms with Gasteiger partial charge < -0.3 is 4.72 Å². The zero-order valence-corrected chi connectivity index (χ0v) is 17.1. The first-order valence-electron chi connectivity index (χ1n) is 7.44. The number of pyridine rings is 1. The molecule has 0 aliphatic heterocycles. The average Bonchev–Trinajstić information content (AvgIpc) is 2.61. The van der Waals surface area contributed by atoms with Gasteiger partial charge >= 0.3 is 0 Å². The van der Waals surface area contributed by atoms with Gasteiger partial charge in [-0.1, -0.05) is 54.6 Å². The van der Waals surface area contributed by atoms with E-state index in [0.29, 0.717) is 11.2 Å². The van der Waals surface area contributed by atoms with Crippen LogP contribution in [-0.2, 0) is 29.5 Å². The van der Waals surface area contributed by atoms with E-state index in [1.54, 1.807) is 36.5 Å². The van der Waals surface area contributed by atoms with Crippen molar-refractivity contribution in [2.24, 2.45) is 0 Å². The molecule has 0 spiro atoms. The Kier molecular flexibility index (Phi) is 4.84. The van der Waals surface area contributed by atoms with E-state index >= 15 is 0 Å². The largest absolute Gasteiger partial charge is 0.571 e. The summed E-state index contributed by atoms with van der Waals surface area (Å²) in [6.45, 7) is 0. The molecule has 4 aromatic rings. The molecule has 4 rings (SSSR count). The van der Waals surface area contributed by atoms with Gasteiger partial charge in [0.25, 0.3) is 0 Å². The molecule has 0 unspecified atom stereocenters. The van der Waals surface area contributed by atoms with Gasteiger partial charge in [0.15, 0.2) is 0 Å². The van der Waals surface area contributed by atoms with E-state index in [9.17, 15) is 8.42 Å². The summed E-state index contributed by atoms with van der Waals surface area (Å²) in [7, 11) is -3.81. The van der Waals surface area contributed by atoms with Crippen LogP contribution < -0.4 is 0 Å². The number of fused-ring (bicyclic) bond motifs is 2. The first-order chi connectivity index (χ1) is 11.6. The molecule has 120 valence electrons. The number of sulfonamides is 1. The summed E-state index contributed by atoms with van der Waals surface area (Å²) in [6, 6.07) is 21.6. The second kappa shape index (κ2) is 6.91. The van der Waals surface area contributed by atoms with Crippen molar-refractivity contribution in [3.8, 4) is 0 Å². The molecule has 1 aromatic heterocycles. The molecular weight excluding hydrogens is 386 g/mol. The van der Waals surface area contributed by atoms with E-state index in [0.717, 1.165) is 16.2 Å². The van der Waals surface area contributed by atoms with Gasteiger partial charge in [-0.15, -0.1) is 5.69 Å². The van der Waals surface area contributed by atoms with Crippen molar-refractivity contribution in [2.45, 2.75) is 4.90 Å². The van der Waals surface area contributed by atoms with Crippen molar-refractivity contribution >= 4 is 37.4 Å². The Balaban J connectivity index is 0.00000182. The third kappa shape index (κ3) is 3.41. The quantitative estimate of drug-likeness (QED) is 0.466. The Labute approximate surface area is 158 Å². The van der Waals surface area contributed by atoms with Crippen molar-refractivity contribution in [3.05, 3.63) is 83.7 Å². The fraction of sp³-hybridized carbons (Fsp3) is 0. The van der Waals surface area contributed by atoms with Crippen molar-refractivity contribution in [1.29, 1.82) is 0 Å². The van der Waals surface area contributed by atoms with Crippen LogP contribution in [0.5, 0.6) is 0 Å². The topological polar surface area (TPSA) is 61.1 Å². The van der Waals surface area contributed by atoms with E-state index < -0.39 is 10.0 Å². The predicted molar refractivity (Wildman–Crippen MR) is 95.9 cm³/mol. The van der Waals surface area contributed by atoms with Gasteiger partial charge in [0.2, 0.25) is 0 Å². The maximum atomic E-state index is 12.7. The molecule has 0 amide bonds. The number of hydrogen-bond acceptors (Lipinski definition) is 3. The van der Waals surface area contributed by atoms with E-state index in [1.807, 2.05) is 42.5 Å². The SMILES string of the molecule is O=S(=O)([N-]c1cccc2cccnc12)c1ccc2ccccc2c1.[Zn]. The number of aromatic nitrogens is 1. The number of rotatable bonds is 3. The molecule has 3 aromatic carbocycles. The van der Waals surface area contributed by atoms with Gasteiger partial charge in [-0.25, -0.2) is 8.42 Å². The molecule has 0 atom stereocenters. The fourth-order valence-electron chi connectivity index (χ4n) is 2.67. The minimum Gasteiger partial charge on any atom is -0.571 e. The molecule has 4 nitrogen and oxygen atoms in total. The summed E-state index contributed by atoms with van der Waals surface area (Å²) in [5.74, 6) is 0. The van der Waals surface area contributed by atoms with Gasteiger partial charge in [0.05, 0.1) is 10.4 Å². The van der Waals surface area contributed by atoms with Gasteiger partial charge in [-0.2, -0.15) is 0 Å². The van der Waals surface area contributed by atoms with Crippen LogP contribution in [0.4, 0.5) is 5.69 Å². The summed E-state index contributed by atoms with van der Waals surface area (Å²) in [5, 5.41) is 2.71. The van der Waals surface area contributed by atoms with Crippen LogP contribution in [0.15, 0.2) is 83.9 Å². The first kappa shape index (κ1) is 17.5. The molecule has 6 heteroatoms. The number of benzene rings is 3. The first-order valence-corrected chi connectivity index (χ1v) is 8.88. The monoisotopic (exact) mass is 397 g/mol. The second-order valence-corrected chi connectivity index (χ2v) is 7.03. The van der Waals surface area contributed by atoms with Gasteiger partial charge in [-0.05, 0) is 34.4 Å². The Morgan fingerprint density at radius 3 is 2.32 bits per heavy atom. The number of nitrogens with zero attached hydrogens (tertiary/aromatic N) is 2. The smallest absolute Gasteiger partial charge is 0.123 e. The summed E-state index contributed by atoms with van der Waals surface area (Å²) >= 11 is 0. The Morgan fingerprint density at radius 2 is 1.48 bits per heavy atom. The van der Waals surface area contributed by atoms with Crippen LogP contribution in [0.3, 0.4) is 0 Å². The second-order valence-electron chi connectivity index (χ2n) is 5.43. The third-order valence-electron chi connectivity index (χ3n) is 3.85. The molecular formula is C19H13N2O2SZn-. The summed E-state index contributed by atoms with van der Waals surface area (Å²) in [4.78, 5) is 4.43. The molecule has 1 heterocycles.